The fourth-order valence-corrected chi connectivity index (χ4v) is 1.75. The van der Waals surface area contributed by atoms with Crippen LogP contribution in [0.2, 0.25) is 0 Å². The summed E-state index contributed by atoms with van der Waals surface area (Å²) in [5, 5.41) is 8.92. The monoisotopic (exact) mass is 238 g/mol. The molecular formula is C14H14N4. The highest BCUT2D eigenvalue weighted by Gasteiger charge is 2.09. The van der Waals surface area contributed by atoms with Crippen LogP contribution in [0, 0.1) is 18.3 Å². The van der Waals surface area contributed by atoms with Gasteiger partial charge >= 0.3 is 0 Å². The number of nitrogens with two attached hydrogens (primary N) is 1. The Hall–Kier alpha value is -2.41. The number of anilines is 1. The smallest absolute Gasteiger partial charge is 0.161 e. The van der Waals surface area contributed by atoms with E-state index in [2.05, 4.69) is 16.9 Å². The van der Waals surface area contributed by atoms with E-state index in [1.807, 2.05) is 30.3 Å². The molecule has 0 saturated carbocycles. The van der Waals surface area contributed by atoms with Crippen LogP contribution in [0.3, 0.4) is 0 Å². The molecule has 0 fully saturated rings. The lowest BCUT2D eigenvalue weighted by molar-refractivity contribution is 1.10. The van der Waals surface area contributed by atoms with Gasteiger partial charge in [-0.1, -0.05) is 31.2 Å². The van der Waals surface area contributed by atoms with Gasteiger partial charge in [0.1, 0.15) is 17.5 Å². The molecular weight excluding hydrogens is 224 g/mol. The van der Waals surface area contributed by atoms with Crippen molar-refractivity contribution < 1.29 is 0 Å². The first-order chi connectivity index (χ1) is 8.65. The first-order valence-electron chi connectivity index (χ1n) is 5.79. The number of nitrogen functional groups attached to an aromatic ring is 1. The minimum absolute atomic E-state index is 0.236. The number of aryl methyl sites for hydroxylation is 2. The normalized spacial score (nSPS) is 10.1. The fourth-order valence-electron chi connectivity index (χ4n) is 1.75. The van der Waals surface area contributed by atoms with Gasteiger partial charge in [-0.2, -0.15) is 5.26 Å². The maximum absolute atomic E-state index is 8.92. The zero-order chi connectivity index (χ0) is 13.1. The second-order valence-corrected chi connectivity index (χ2v) is 4.06. The van der Waals surface area contributed by atoms with Gasteiger partial charge in [0, 0.05) is 5.56 Å². The molecule has 0 radical (unpaired) electrons. The molecule has 0 aliphatic carbocycles. The first kappa shape index (κ1) is 12.1. The van der Waals surface area contributed by atoms with Crippen molar-refractivity contribution in [1.82, 2.24) is 9.97 Å². The van der Waals surface area contributed by atoms with Gasteiger partial charge in [0.15, 0.2) is 5.82 Å². The topological polar surface area (TPSA) is 75.6 Å². The lowest BCUT2D eigenvalue weighted by Crippen LogP contribution is -2.02. The Labute approximate surface area is 106 Å². The lowest BCUT2D eigenvalue weighted by Gasteiger charge is -2.06. The van der Waals surface area contributed by atoms with Gasteiger partial charge in [0.25, 0.3) is 0 Å². The maximum atomic E-state index is 8.92. The largest absolute Gasteiger partial charge is 0.382 e. The molecule has 90 valence electrons. The zero-order valence-electron chi connectivity index (χ0n) is 10.4. The van der Waals surface area contributed by atoms with Crippen molar-refractivity contribution in [1.29, 1.82) is 5.26 Å². The SMILES string of the molecule is CCc1ccc(-c2nc(C)c(C#N)c(N)n2)cc1. The van der Waals surface area contributed by atoms with Crippen molar-refractivity contribution >= 4 is 5.82 Å². The molecule has 4 heteroatoms. The third-order valence-corrected chi connectivity index (χ3v) is 2.85. The predicted molar refractivity (Wildman–Crippen MR) is 70.7 cm³/mol. The first-order valence-corrected chi connectivity index (χ1v) is 5.79. The van der Waals surface area contributed by atoms with E-state index in [4.69, 9.17) is 11.0 Å². The molecule has 1 heterocycles. The van der Waals surface area contributed by atoms with Gasteiger partial charge in [-0.25, -0.2) is 9.97 Å². The van der Waals surface area contributed by atoms with Crippen LogP contribution >= 0.6 is 0 Å². The van der Waals surface area contributed by atoms with Crippen LogP contribution in [0.5, 0.6) is 0 Å². The molecule has 1 aromatic carbocycles. The molecule has 18 heavy (non-hydrogen) atoms. The minimum Gasteiger partial charge on any atom is -0.382 e. The number of benzene rings is 1. The Morgan fingerprint density at radius 3 is 2.39 bits per heavy atom. The van der Waals surface area contributed by atoms with E-state index in [9.17, 15) is 0 Å². The van der Waals surface area contributed by atoms with Crippen molar-refractivity contribution in [2.45, 2.75) is 20.3 Å². The fraction of sp³-hybridized carbons (Fsp3) is 0.214. The van der Waals surface area contributed by atoms with Crippen LogP contribution in [0.4, 0.5) is 5.82 Å². The second kappa shape index (κ2) is 4.84. The van der Waals surface area contributed by atoms with E-state index in [0.29, 0.717) is 17.1 Å². The summed E-state index contributed by atoms with van der Waals surface area (Å²) in [6, 6.07) is 10.0. The number of nitriles is 1. The number of rotatable bonds is 2. The zero-order valence-corrected chi connectivity index (χ0v) is 10.4. The molecule has 0 spiro atoms. The van der Waals surface area contributed by atoms with Crippen LogP contribution < -0.4 is 5.73 Å². The molecule has 0 atom stereocenters. The highest BCUT2D eigenvalue weighted by molar-refractivity contribution is 5.61. The molecule has 2 aromatic rings. The van der Waals surface area contributed by atoms with Crippen LogP contribution in [0.1, 0.15) is 23.7 Å². The van der Waals surface area contributed by atoms with Crippen LogP contribution in [-0.4, -0.2) is 9.97 Å². The molecule has 0 saturated heterocycles. The maximum Gasteiger partial charge on any atom is 0.161 e. The number of hydrogen-bond acceptors (Lipinski definition) is 4. The Kier molecular flexibility index (Phi) is 3.24. The van der Waals surface area contributed by atoms with E-state index in [1.165, 1.54) is 5.56 Å². The van der Waals surface area contributed by atoms with Gasteiger partial charge < -0.3 is 5.73 Å². The third-order valence-electron chi connectivity index (χ3n) is 2.85. The van der Waals surface area contributed by atoms with Crippen molar-refractivity contribution in [3.05, 3.63) is 41.1 Å². The number of hydrogen-bond donors (Lipinski definition) is 1. The molecule has 0 aliphatic rings. The second-order valence-electron chi connectivity index (χ2n) is 4.06. The van der Waals surface area contributed by atoms with Gasteiger partial charge in [-0.3, -0.25) is 0 Å². The summed E-state index contributed by atoms with van der Waals surface area (Å²) in [6.45, 7) is 3.87. The van der Waals surface area contributed by atoms with Crippen molar-refractivity contribution in [3.8, 4) is 17.5 Å². The molecule has 0 unspecified atom stereocenters. The lowest BCUT2D eigenvalue weighted by atomic mass is 10.1. The van der Waals surface area contributed by atoms with E-state index < -0.39 is 0 Å². The van der Waals surface area contributed by atoms with Crippen LogP contribution in [-0.2, 0) is 6.42 Å². The molecule has 0 bridgehead atoms. The highest BCUT2D eigenvalue weighted by Crippen LogP contribution is 2.20. The van der Waals surface area contributed by atoms with Crippen molar-refractivity contribution in [3.63, 3.8) is 0 Å². The van der Waals surface area contributed by atoms with Gasteiger partial charge in [0.2, 0.25) is 0 Å². The number of aromatic nitrogens is 2. The van der Waals surface area contributed by atoms with E-state index in [0.717, 1.165) is 12.0 Å². The Morgan fingerprint density at radius 1 is 1.22 bits per heavy atom. The predicted octanol–water partition coefficient (Wildman–Crippen LogP) is 2.47. The summed E-state index contributed by atoms with van der Waals surface area (Å²) in [7, 11) is 0. The average Bonchev–Trinajstić information content (AvgIpc) is 2.38. The summed E-state index contributed by atoms with van der Waals surface area (Å²) in [4.78, 5) is 8.49. The Bertz CT molecular complexity index is 586. The average molecular weight is 238 g/mol. The molecule has 0 aliphatic heterocycles. The van der Waals surface area contributed by atoms with E-state index in [-0.39, 0.29) is 5.82 Å². The highest BCUT2D eigenvalue weighted by atomic mass is 15.0. The Morgan fingerprint density at radius 2 is 1.89 bits per heavy atom. The number of nitrogens with zero attached hydrogens (tertiary/aromatic N) is 3. The third kappa shape index (κ3) is 2.16. The minimum atomic E-state index is 0.236. The standard InChI is InChI=1S/C14H14N4/c1-3-10-4-6-11(7-5-10)14-17-9(2)12(8-15)13(16)18-14/h4-7H,3H2,1-2H3,(H2,16,17,18). The Balaban J connectivity index is 2.48. The summed E-state index contributed by atoms with van der Waals surface area (Å²) in [5.74, 6) is 0.797. The molecule has 2 N–H and O–H groups in total. The molecule has 2 rings (SSSR count). The van der Waals surface area contributed by atoms with Gasteiger partial charge in [0.05, 0.1) is 5.69 Å². The van der Waals surface area contributed by atoms with Crippen molar-refractivity contribution in [2.75, 3.05) is 5.73 Å². The summed E-state index contributed by atoms with van der Waals surface area (Å²) >= 11 is 0. The van der Waals surface area contributed by atoms with Crippen molar-refractivity contribution in [2.24, 2.45) is 0 Å². The summed E-state index contributed by atoms with van der Waals surface area (Å²) < 4.78 is 0. The van der Waals surface area contributed by atoms with Gasteiger partial charge in [-0.15, -0.1) is 0 Å². The molecule has 0 amide bonds. The quantitative estimate of drug-likeness (QED) is 0.872. The van der Waals surface area contributed by atoms with E-state index >= 15 is 0 Å². The molecule has 4 nitrogen and oxygen atoms in total. The van der Waals surface area contributed by atoms with Gasteiger partial charge in [-0.05, 0) is 18.9 Å². The summed E-state index contributed by atoms with van der Waals surface area (Å²) in [5.41, 5.74) is 8.88. The van der Waals surface area contributed by atoms with Crippen LogP contribution in [0.25, 0.3) is 11.4 Å². The molecule has 1 aromatic heterocycles. The van der Waals surface area contributed by atoms with Crippen LogP contribution in [0.15, 0.2) is 24.3 Å². The van der Waals surface area contributed by atoms with E-state index in [1.54, 1.807) is 6.92 Å². The summed E-state index contributed by atoms with van der Waals surface area (Å²) in [6.07, 6.45) is 0.996.